The molecule has 2 heterocycles. The molecule has 0 radical (unpaired) electrons. The summed E-state index contributed by atoms with van der Waals surface area (Å²) in [6.45, 7) is 3.02. The van der Waals surface area contributed by atoms with Crippen LogP contribution >= 0.6 is 22.6 Å². The number of hydrogen-bond donors (Lipinski definition) is 2. The number of amides is 2. The summed E-state index contributed by atoms with van der Waals surface area (Å²) in [5.74, 6) is 0.545. The van der Waals surface area contributed by atoms with Gasteiger partial charge >= 0.3 is 0 Å². The van der Waals surface area contributed by atoms with Crippen LogP contribution in [0.2, 0.25) is 0 Å². The number of carbonyl (C=O) groups is 2. The number of aryl methyl sites for hydroxylation is 1. The Morgan fingerprint density at radius 3 is 2.71 bits per heavy atom. The first kappa shape index (κ1) is 17.6. The van der Waals surface area contributed by atoms with Crippen molar-refractivity contribution in [1.29, 1.82) is 0 Å². The number of nitrogens with zero attached hydrogens (tertiary/aromatic N) is 1. The third-order valence-corrected chi connectivity index (χ3v) is 5.85. The molecule has 2 atom stereocenters. The summed E-state index contributed by atoms with van der Waals surface area (Å²) in [5, 5.41) is 5.98. The Kier molecular flexibility index (Phi) is 5.70. The number of nitrogens with one attached hydrogen (secondary N) is 2. The Bertz CT molecular complexity index is 634. The molecule has 3 rings (SSSR count). The Morgan fingerprint density at radius 1 is 1.25 bits per heavy atom. The van der Waals surface area contributed by atoms with E-state index in [4.69, 9.17) is 4.74 Å². The highest BCUT2D eigenvalue weighted by atomic mass is 127. The Labute approximate surface area is 155 Å². The van der Waals surface area contributed by atoms with Gasteiger partial charge in [0.2, 0.25) is 11.8 Å². The van der Waals surface area contributed by atoms with E-state index in [0.29, 0.717) is 25.5 Å². The molecule has 1 aromatic heterocycles. The molecule has 7 heteroatoms. The predicted octanol–water partition coefficient (Wildman–Crippen LogP) is 2.25. The fourth-order valence-corrected chi connectivity index (χ4v) is 3.50. The highest BCUT2D eigenvalue weighted by Crippen LogP contribution is 2.26. The number of ether oxygens (including phenoxy) is 1. The van der Waals surface area contributed by atoms with Gasteiger partial charge in [0.25, 0.3) is 0 Å². The molecule has 2 N–H and O–H groups in total. The summed E-state index contributed by atoms with van der Waals surface area (Å²) in [6.07, 6.45) is 5.19. The van der Waals surface area contributed by atoms with Crippen molar-refractivity contribution in [2.75, 3.05) is 18.5 Å². The molecule has 1 aromatic rings. The van der Waals surface area contributed by atoms with Crippen molar-refractivity contribution >= 4 is 40.2 Å². The summed E-state index contributed by atoms with van der Waals surface area (Å²) >= 11 is 2.23. The number of hydrogen-bond acceptors (Lipinski definition) is 4. The Hall–Kier alpha value is -1.22. The van der Waals surface area contributed by atoms with Crippen molar-refractivity contribution in [2.24, 2.45) is 11.8 Å². The lowest BCUT2D eigenvalue weighted by Gasteiger charge is -2.32. The summed E-state index contributed by atoms with van der Waals surface area (Å²) < 4.78 is 6.13. The molecule has 24 heavy (non-hydrogen) atoms. The highest BCUT2D eigenvalue weighted by molar-refractivity contribution is 14.1. The van der Waals surface area contributed by atoms with E-state index in [1.54, 1.807) is 6.20 Å². The van der Waals surface area contributed by atoms with Crippen LogP contribution < -0.4 is 10.6 Å². The normalized spacial score (nSPS) is 24.1. The average molecular weight is 443 g/mol. The molecule has 1 saturated heterocycles. The van der Waals surface area contributed by atoms with E-state index in [-0.39, 0.29) is 29.7 Å². The second-order valence-corrected chi connectivity index (χ2v) is 7.77. The molecule has 2 amide bonds. The van der Waals surface area contributed by atoms with Crippen LogP contribution in [0.25, 0.3) is 0 Å². The Morgan fingerprint density at radius 2 is 2.04 bits per heavy atom. The number of halogens is 1. The van der Waals surface area contributed by atoms with Gasteiger partial charge in [-0.3, -0.25) is 9.59 Å². The van der Waals surface area contributed by atoms with Crippen LogP contribution in [-0.4, -0.2) is 36.1 Å². The molecule has 0 bridgehead atoms. The quantitative estimate of drug-likeness (QED) is 0.700. The lowest BCUT2D eigenvalue weighted by molar-refractivity contribution is -0.140. The van der Waals surface area contributed by atoms with Gasteiger partial charge in [0.1, 0.15) is 5.82 Å². The molecular weight excluding hydrogens is 421 g/mol. The van der Waals surface area contributed by atoms with Gasteiger partial charge in [-0.1, -0.05) is 6.42 Å². The zero-order chi connectivity index (χ0) is 17.1. The number of anilines is 1. The molecule has 1 aliphatic heterocycles. The van der Waals surface area contributed by atoms with E-state index in [1.165, 1.54) is 0 Å². The van der Waals surface area contributed by atoms with Crippen molar-refractivity contribution in [3.8, 4) is 0 Å². The molecule has 2 aliphatic rings. The summed E-state index contributed by atoms with van der Waals surface area (Å²) in [6, 6.07) is 1.96. The van der Waals surface area contributed by atoms with E-state index in [9.17, 15) is 9.59 Å². The second-order valence-electron chi connectivity index (χ2n) is 6.61. The number of aromatic nitrogens is 1. The molecule has 1 unspecified atom stereocenters. The van der Waals surface area contributed by atoms with Gasteiger partial charge < -0.3 is 15.4 Å². The lowest BCUT2D eigenvalue weighted by Crippen LogP contribution is -2.48. The smallest absolute Gasteiger partial charge is 0.228 e. The molecule has 2 fully saturated rings. The van der Waals surface area contributed by atoms with Crippen molar-refractivity contribution in [2.45, 2.75) is 38.6 Å². The fraction of sp³-hybridized carbons (Fsp3) is 0.588. The van der Waals surface area contributed by atoms with Gasteiger partial charge in [-0.15, -0.1) is 0 Å². The number of rotatable bonds is 4. The van der Waals surface area contributed by atoms with E-state index >= 15 is 0 Å². The van der Waals surface area contributed by atoms with Crippen LogP contribution in [0, 0.1) is 22.3 Å². The lowest BCUT2D eigenvalue weighted by atomic mass is 9.84. The minimum atomic E-state index is -0.0811. The van der Waals surface area contributed by atoms with Crippen LogP contribution in [0.5, 0.6) is 0 Å². The van der Waals surface area contributed by atoms with Crippen molar-refractivity contribution < 1.29 is 14.3 Å². The molecule has 1 aliphatic carbocycles. The zero-order valence-electron chi connectivity index (χ0n) is 13.7. The predicted molar refractivity (Wildman–Crippen MR) is 98.5 cm³/mol. The van der Waals surface area contributed by atoms with E-state index in [2.05, 4.69) is 38.2 Å². The molecular formula is C17H22IN3O3. The molecule has 6 nitrogen and oxygen atoms in total. The number of pyridine rings is 1. The van der Waals surface area contributed by atoms with Gasteiger partial charge in [-0.25, -0.2) is 4.98 Å². The minimum absolute atomic E-state index is 0.00641. The largest absolute Gasteiger partial charge is 0.380 e. The first-order chi connectivity index (χ1) is 11.5. The maximum absolute atomic E-state index is 12.5. The average Bonchev–Trinajstić information content (AvgIpc) is 2.49. The summed E-state index contributed by atoms with van der Waals surface area (Å²) in [7, 11) is 0. The van der Waals surface area contributed by atoms with Gasteiger partial charge in [-0.2, -0.15) is 0 Å². The van der Waals surface area contributed by atoms with Gasteiger partial charge in [0.15, 0.2) is 0 Å². The minimum Gasteiger partial charge on any atom is -0.380 e. The first-order valence-electron chi connectivity index (χ1n) is 8.34. The molecule has 0 spiro atoms. The summed E-state index contributed by atoms with van der Waals surface area (Å²) in [4.78, 5) is 28.8. The van der Waals surface area contributed by atoms with Gasteiger partial charge in [-0.05, 0) is 60.4 Å². The molecule has 0 aromatic carbocycles. The van der Waals surface area contributed by atoms with Gasteiger partial charge in [0, 0.05) is 21.7 Å². The van der Waals surface area contributed by atoms with E-state index < -0.39 is 0 Å². The van der Waals surface area contributed by atoms with Crippen molar-refractivity contribution in [3.63, 3.8) is 0 Å². The van der Waals surface area contributed by atoms with E-state index in [0.717, 1.165) is 28.4 Å². The third kappa shape index (κ3) is 4.24. The SMILES string of the molecule is Cc1cnc(NC(=O)[C@H]2CCCC(NC(=O)C3COC3)C2)cc1I. The van der Waals surface area contributed by atoms with Crippen LogP contribution in [0.4, 0.5) is 5.82 Å². The van der Waals surface area contributed by atoms with Gasteiger partial charge in [0.05, 0.1) is 19.1 Å². The highest BCUT2D eigenvalue weighted by Gasteiger charge is 2.32. The zero-order valence-corrected chi connectivity index (χ0v) is 15.8. The second kappa shape index (κ2) is 7.77. The maximum atomic E-state index is 12.5. The van der Waals surface area contributed by atoms with Crippen LogP contribution in [0.3, 0.4) is 0 Å². The van der Waals surface area contributed by atoms with Crippen molar-refractivity contribution in [1.82, 2.24) is 10.3 Å². The Balaban J connectivity index is 1.54. The maximum Gasteiger partial charge on any atom is 0.228 e. The van der Waals surface area contributed by atoms with E-state index in [1.807, 2.05) is 13.0 Å². The summed E-state index contributed by atoms with van der Waals surface area (Å²) in [5.41, 5.74) is 1.09. The standard InChI is InChI=1S/C17H22IN3O3/c1-10-7-19-15(6-14(10)18)21-16(22)11-3-2-4-13(5-11)20-17(23)12-8-24-9-12/h6-7,11-13H,2-5,8-9H2,1H3,(H,20,23)(H,19,21,22)/t11-,13?/m0/s1. The van der Waals surface area contributed by atoms with Crippen LogP contribution in [-0.2, 0) is 14.3 Å². The topological polar surface area (TPSA) is 80.3 Å². The first-order valence-corrected chi connectivity index (χ1v) is 9.42. The van der Waals surface area contributed by atoms with Crippen LogP contribution in [0.1, 0.15) is 31.2 Å². The molecule has 130 valence electrons. The third-order valence-electron chi connectivity index (χ3n) is 4.69. The monoisotopic (exact) mass is 443 g/mol. The van der Waals surface area contributed by atoms with Crippen LogP contribution in [0.15, 0.2) is 12.3 Å². The fourth-order valence-electron chi connectivity index (χ4n) is 3.06. The molecule has 1 saturated carbocycles. The van der Waals surface area contributed by atoms with Crippen molar-refractivity contribution in [3.05, 3.63) is 21.4 Å². The number of carbonyl (C=O) groups excluding carboxylic acids is 2.